The van der Waals surface area contributed by atoms with E-state index in [0.717, 1.165) is 5.56 Å². The summed E-state index contributed by atoms with van der Waals surface area (Å²) in [6.07, 6.45) is 1.59. The van der Waals surface area contributed by atoms with Crippen molar-refractivity contribution in [2.45, 2.75) is 6.92 Å². The van der Waals surface area contributed by atoms with Crippen LogP contribution in [0.3, 0.4) is 0 Å². The minimum absolute atomic E-state index is 0.215. The molecule has 2 aromatic rings. The van der Waals surface area contributed by atoms with Gasteiger partial charge < -0.3 is 10.9 Å². The van der Waals surface area contributed by atoms with Crippen molar-refractivity contribution >= 4 is 12.2 Å². The molecule has 0 bridgehead atoms. The minimum atomic E-state index is 0.215. The van der Waals surface area contributed by atoms with Crippen molar-refractivity contribution < 1.29 is 5.11 Å². The van der Waals surface area contributed by atoms with E-state index in [0.29, 0.717) is 11.8 Å². The van der Waals surface area contributed by atoms with Crippen LogP contribution in [-0.2, 0) is 0 Å². The highest BCUT2D eigenvalue weighted by Gasteiger charge is 2.02. The highest BCUT2D eigenvalue weighted by atomic mass is 16.3. The first kappa shape index (κ1) is 10.9. The molecule has 7 nitrogen and oxygen atoms in total. The number of benzene rings is 1. The van der Waals surface area contributed by atoms with Crippen LogP contribution in [0.4, 0.5) is 5.95 Å². The molecule has 0 saturated heterocycles. The second-order valence-electron chi connectivity index (χ2n) is 3.40. The third kappa shape index (κ3) is 2.51. The summed E-state index contributed by atoms with van der Waals surface area (Å²) >= 11 is 0. The van der Waals surface area contributed by atoms with Gasteiger partial charge in [-0.05, 0) is 36.8 Å². The molecule has 17 heavy (non-hydrogen) atoms. The Balaban J connectivity index is 2.03. The van der Waals surface area contributed by atoms with Gasteiger partial charge in [-0.15, -0.1) is 10.2 Å². The van der Waals surface area contributed by atoms with Crippen molar-refractivity contribution in [3.05, 3.63) is 35.7 Å². The Kier molecular flexibility index (Phi) is 2.91. The Morgan fingerprint density at radius 2 is 2.06 bits per heavy atom. The number of nitrogens with one attached hydrogen (secondary N) is 1. The van der Waals surface area contributed by atoms with Gasteiger partial charge in [0.1, 0.15) is 5.75 Å². The van der Waals surface area contributed by atoms with Crippen LogP contribution in [0.25, 0.3) is 0 Å². The molecule has 1 aromatic heterocycles. The van der Waals surface area contributed by atoms with Crippen LogP contribution in [0.5, 0.6) is 5.75 Å². The number of aryl methyl sites for hydroxylation is 1. The lowest BCUT2D eigenvalue weighted by atomic mass is 10.2. The SMILES string of the molecule is Cc1nnc(N/N=C\c2ccc(O)cc2)n1N. The van der Waals surface area contributed by atoms with Gasteiger partial charge >= 0.3 is 0 Å². The smallest absolute Gasteiger partial charge is 0.263 e. The summed E-state index contributed by atoms with van der Waals surface area (Å²) in [6.45, 7) is 1.74. The van der Waals surface area contributed by atoms with E-state index >= 15 is 0 Å². The van der Waals surface area contributed by atoms with Crippen molar-refractivity contribution in [3.63, 3.8) is 0 Å². The molecular weight excluding hydrogens is 220 g/mol. The van der Waals surface area contributed by atoms with Gasteiger partial charge in [0.2, 0.25) is 0 Å². The maximum absolute atomic E-state index is 9.10. The average Bonchev–Trinajstić information content (AvgIpc) is 2.64. The minimum Gasteiger partial charge on any atom is -0.508 e. The predicted octanol–water partition coefficient (Wildman–Crippen LogP) is 0.452. The lowest BCUT2D eigenvalue weighted by molar-refractivity contribution is 0.475. The van der Waals surface area contributed by atoms with Gasteiger partial charge in [-0.25, -0.2) is 10.1 Å². The normalized spacial score (nSPS) is 10.9. The van der Waals surface area contributed by atoms with Gasteiger partial charge in [-0.3, -0.25) is 0 Å². The largest absolute Gasteiger partial charge is 0.508 e. The van der Waals surface area contributed by atoms with Crippen LogP contribution in [0.2, 0.25) is 0 Å². The number of rotatable bonds is 3. The summed E-state index contributed by atoms with van der Waals surface area (Å²) in [7, 11) is 0. The Labute approximate surface area is 97.6 Å². The topological polar surface area (TPSA) is 101 Å². The number of aromatic hydroxyl groups is 1. The maximum atomic E-state index is 9.10. The van der Waals surface area contributed by atoms with Crippen molar-refractivity contribution in [1.29, 1.82) is 0 Å². The zero-order valence-electron chi connectivity index (χ0n) is 9.20. The van der Waals surface area contributed by atoms with Gasteiger partial charge in [0.25, 0.3) is 5.95 Å². The molecule has 7 heteroatoms. The van der Waals surface area contributed by atoms with Crippen molar-refractivity contribution in [3.8, 4) is 5.75 Å². The van der Waals surface area contributed by atoms with E-state index in [1.165, 1.54) is 4.68 Å². The lowest BCUT2D eigenvalue weighted by Crippen LogP contribution is -2.13. The van der Waals surface area contributed by atoms with E-state index in [-0.39, 0.29) is 5.75 Å². The van der Waals surface area contributed by atoms with E-state index in [1.54, 1.807) is 37.4 Å². The van der Waals surface area contributed by atoms with Crippen LogP contribution >= 0.6 is 0 Å². The number of anilines is 1. The first-order valence-corrected chi connectivity index (χ1v) is 4.92. The van der Waals surface area contributed by atoms with Crippen LogP contribution in [0, 0.1) is 6.92 Å². The molecule has 0 atom stereocenters. The first-order chi connectivity index (χ1) is 8.16. The van der Waals surface area contributed by atoms with Crippen molar-refractivity contribution in [2.75, 3.05) is 11.3 Å². The predicted molar refractivity (Wildman–Crippen MR) is 64.2 cm³/mol. The van der Waals surface area contributed by atoms with E-state index in [2.05, 4.69) is 20.7 Å². The van der Waals surface area contributed by atoms with Crippen LogP contribution in [-0.4, -0.2) is 26.2 Å². The molecule has 0 saturated carbocycles. The number of hydrazone groups is 1. The number of phenols is 1. The summed E-state index contributed by atoms with van der Waals surface area (Å²) in [5, 5.41) is 20.6. The molecule has 0 fully saturated rings. The molecule has 0 spiro atoms. The maximum Gasteiger partial charge on any atom is 0.263 e. The zero-order valence-corrected chi connectivity index (χ0v) is 9.20. The van der Waals surface area contributed by atoms with Crippen molar-refractivity contribution in [1.82, 2.24) is 14.9 Å². The fraction of sp³-hybridized carbons (Fsp3) is 0.100. The number of nitrogens with zero attached hydrogens (tertiary/aromatic N) is 4. The molecule has 0 aliphatic carbocycles. The highest BCUT2D eigenvalue weighted by Crippen LogP contribution is 2.08. The van der Waals surface area contributed by atoms with Gasteiger partial charge in [-0.2, -0.15) is 5.10 Å². The van der Waals surface area contributed by atoms with E-state index in [4.69, 9.17) is 10.9 Å². The van der Waals surface area contributed by atoms with Gasteiger partial charge in [0.15, 0.2) is 5.82 Å². The van der Waals surface area contributed by atoms with Gasteiger partial charge in [-0.1, -0.05) is 0 Å². The number of hydrogen-bond donors (Lipinski definition) is 3. The second-order valence-corrected chi connectivity index (χ2v) is 3.40. The summed E-state index contributed by atoms with van der Waals surface area (Å²) < 4.78 is 1.30. The van der Waals surface area contributed by atoms with Crippen LogP contribution in [0.1, 0.15) is 11.4 Å². The molecule has 2 rings (SSSR count). The van der Waals surface area contributed by atoms with Crippen molar-refractivity contribution in [2.24, 2.45) is 5.10 Å². The zero-order chi connectivity index (χ0) is 12.3. The number of nitrogen functional groups attached to an aromatic ring is 1. The Bertz CT molecular complexity index is 530. The third-order valence-electron chi connectivity index (χ3n) is 2.14. The summed E-state index contributed by atoms with van der Waals surface area (Å²) in [4.78, 5) is 0. The number of aromatic nitrogens is 3. The molecule has 1 aromatic carbocycles. The monoisotopic (exact) mass is 232 g/mol. The highest BCUT2D eigenvalue weighted by molar-refractivity contribution is 5.80. The Morgan fingerprint density at radius 1 is 1.35 bits per heavy atom. The Morgan fingerprint density at radius 3 is 2.65 bits per heavy atom. The molecule has 4 N–H and O–H groups in total. The quantitative estimate of drug-likeness (QED) is 0.405. The van der Waals surface area contributed by atoms with E-state index < -0.39 is 0 Å². The fourth-order valence-corrected chi connectivity index (χ4v) is 1.17. The molecule has 0 amide bonds. The van der Waals surface area contributed by atoms with Crippen LogP contribution in [0.15, 0.2) is 29.4 Å². The lowest BCUT2D eigenvalue weighted by Gasteiger charge is -1.99. The molecule has 1 heterocycles. The molecule has 0 aliphatic heterocycles. The molecule has 88 valence electrons. The Hall–Kier alpha value is -2.57. The van der Waals surface area contributed by atoms with Gasteiger partial charge in [0.05, 0.1) is 6.21 Å². The molecular formula is C10H12N6O. The third-order valence-corrected chi connectivity index (χ3v) is 2.14. The number of hydrogen-bond acceptors (Lipinski definition) is 6. The van der Waals surface area contributed by atoms with Crippen LogP contribution < -0.4 is 11.3 Å². The second kappa shape index (κ2) is 4.52. The fourth-order valence-electron chi connectivity index (χ4n) is 1.17. The first-order valence-electron chi connectivity index (χ1n) is 4.92. The summed E-state index contributed by atoms with van der Waals surface area (Å²) in [5.74, 6) is 6.79. The average molecular weight is 232 g/mol. The van der Waals surface area contributed by atoms with E-state index in [9.17, 15) is 0 Å². The number of nitrogens with two attached hydrogens (primary N) is 1. The number of phenolic OH excluding ortho intramolecular Hbond substituents is 1. The summed E-state index contributed by atoms with van der Waals surface area (Å²) in [6, 6.07) is 6.63. The summed E-state index contributed by atoms with van der Waals surface area (Å²) in [5.41, 5.74) is 3.51. The van der Waals surface area contributed by atoms with E-state index in [1.807, 2.05) is 0 Å². The van der Waals surface area contributed by atoms with Gasteiger partial charge in [0, 0.05) is 0 Å². The standard InChI is InChI=1S/C10H12N6O/c1-7-13-15-10(16(7)11)14-12-6-8-2-4-9(17)5-3-8/h2-6,17H,11H2,1H3,(H,14,15)/b12-6-. The molecule has 0 radical (unpaired) electrons. The molecule has 0 unspecified atom stereocenters. The molecule has 0 aliphatic rings.